The Kier molecular flexibility index (Phi) is 8.79. The normalized spacial score (nSPS) is 15.7. The molecule has 1 aliphatic rings. The minimum absolute atomic E-state index is 0.0644. The molecule has 1 aliphatic heterocycles. The molecular formula is C21H28N4O3S3. The number of amides is 1. The second-order valence-electron chi connectivity index (χ2n) is 7.34. The fourth-order valence-corrected chi connectivity index (χ4v) is 5.78. The van der Waals surface area contributed by atoms with Gasteiger partial charge in [0.1, 0.15) is 4.90 Å². The van der Waals surface area contributed by atoms with E-state index in [1.165, 1.54) is 32.7 Å². The first-order valence-corrected chi connectivity index (χ1v) is 13.5. The fraction of sp³-hybridized carbons (Fsp3) is 0.429. The highest BCUT2D eigenvalue weighted by atomic mass is 32.2. The molecular weight excluding hydrogens is 452 g/mol. The summed E-state index contributed by atoms with van der Waals surface area (Å²) in [6, 6.07) is 11.5. The van der Waals surface area contributed by atoms with E-state index in [1.807, 2.05) is 7.05 Å². The summed E-state index contributed by atoms with van der Waals surface area (Å²) < 4.78 is 27.0. The second kappa shape index (κ2) is 11.3. The lowest BCUT2D eigenvalue weighted by molar-refractivity contribution is -0.118. The zero-order valence-electron chi connectivity index (χ0n) is 17.8. The molecule has 0 bridgehead atoms. The number of pyridine rings is 1. The van der Waals surface area contributed by atoms with Crippen LogP contribution in [0.4, 0.5) is 0 Å². The van der Waals surface area contributed by atoms with Crippen LogP contribution in [0.1, 0.15) is 5.56 Å². The number of nitrogens with one attached hydrogen (secondary N) is 1. The third-order valence-electron chi connectivity index (χ3n) is 4.87. The SMILES string of the molecule is Cc1ccc(SCCNC(=O)CSc2ccc(S(=O)(=O)N3CCN(C)CC3)cn2)cc1. The summed E-state index contributed by atoms with van der Waals surface area (Å²) in [5, 5.41) is 3.53. The first-order valence-electron chi connectivity index (χ1n) is 10.1. The zero-order valence-corrected chi connectivity index (χ0v) is 20.2. The summed E-state index contributed by atoms with van der Waals surface area (Å²) >= 11 is 3.00. The molecule has 0 spiro atoms. The van der Waals surface area contributed by atoms with Gasteiger partial charge in [0, 0.05) is 49.6 Å². The van der Waals surface area contributed by atoms with Gasteiger partial charge < -0.3 is 10.2 Å². The number of likely N-dealkylation sites (N-methyl/N-ethyl adjacent to an activating group) is 1. The number of benzene rings is 1. The number of sulfonamides is 1. The van der Waals surface area contributed by atoms with Gasteiger partial charge in [0.05, 0.1) is 10.8 Å². The van der Waals surface area contributed by atoms with E-state index in [9.17, 15) is 13.2 Å². The molecule has 2 aromatic rings. The molecule has 0 saturated carbocycles. The number of aryl methyl sites for hydroxylation is 1. The van der Waals surface area contributed by atoms with Crippen molar-refractivity contribution in [1.82, 2.24) is 19.5 Å². The lowest BCUT2D eigenvalue weighted by Gasteiger charge is -2.31. The molecule has 0 aliphatic carbocycles. The number of thioether (sulfide) groups is 2. The van der Waals surface area contributed by atoms with Gasteiger partial charge in [-0.2, -0.15) is 4.31 Å². The van der Waals surface area contributed by atoms with Crippen LogP contribution in [-0.2, 0) is 14.8 Å². The van der Waals surface area contributed by atoms with E-state index in [-0.39, 0.29) is 16.6 Å². The molecule has 1 aromatic carbocycles. The van der Waals surface area contributed by atoms with E-state index < -0.39 is 10.0 Å². The van der Waals surface area contributed by atoms with Gasteiger partial charge >= 0.3 is 0 Å². The summed E-state index contributed by atoms with van der Waals surface area (Å²) in [7, 11) is -1.54. The number of aromatic nitrogens is 1. The van der Waals surface area contributed by atoms with Gasteiger partial charge in [0.15, 0.2) is 0 Å². The molecule has 0 atom stereocenters. The quantitative estimate of drug-likeness (QED) is 0.436. The maximum absolute atomic E-state index is 12.7. The molecule has 0 radical (unpaired) electrons. The first-order chi connectivity index (χ1) is 14.8. The van der Waals surface area contributed by atoms with Gasteiger partial charge in [-0.15, -0.1) is 11.8 Å². The minimum Gasteiger partial charge on any atom is -0.355 e. The molecule has 3 rings (SSSR count). The van der Waals surface area contributed by atoms with Crippen LogP contribution in [0.5, 0.6) is 0 Å². The third kappa shape index (κ3) is 7.21. The fourth-order valence-electron chi connectivity index (χ4n) is 2.97. The Morgan fingerprint density at radius 3 is 2.42 bits per heavy atom. The van der Waals surface area contributed by atoms with Gasteiger partial charge in [-0.05, 0) is 38.2 Å². The summed E-state index contributed by atoms with van der Waals surface area (Å²) in [6.07, 6.45) is 1.38. The van der Waals surface area contributed by atoms with Crippen LogP contribution in [0.15, 0.2) is 57.4 Å². The molecule has 31 heavy (non-hydrogen) atoms. The maximum Gasteiger partial charge on any atom is 0.244 e. The van der Waals surface area contributed by atoms with Crippen LogP contribution in [0.3, 0.4) is 0 Å². The van der Waals surface area contributed by atoms with Crippen molar-refractivity contribution in [2.75, 3.05) is 51.3 Å². The minimum atomic E-state index is -3.52. The number of rotatable bonds is 9. The summed E-state index contributed by atoms with van der Waals surface area (Å²) in [5.74, 6) is 0.981. The predicted molar refractivity (Wildman–Crippen MR) is 126 cm³/mol. The van der Waals surface area contributed by atoms with E-state index >= 15 is 0 Å². The van der Waals surface area contributed by atoms with Crippen molar-refractivity contribution in [1.29, 1.82) is 0 Å². The predicted octanol–water partition coefficient (Wildman–Crippen LogP) is 2.33. The average Bonchev–Trinajstić information content (AvgIpc) is 2.77. The summed E-state index contributed by atoms with van der Waals surface area (Å²) in [4.78, 5) is 19.8. The Bertz CT molecular complexity index is 958. The number of carbonyl (C=O) groups is 1. The van der Waals surface area contributed by atoms with E-state index in [4.69, 9.17) is 0 Å². The average molecular weight is 481 g/mol. The van der Waals surface area contributed by atoms with Crippen LogP contribution in [-0.4, -0.2) is 79.8 Å². The first kappa shape index (κ1) is 24.1. The molecule has 10 heteroatoms. The summed E-state index contributed by atoms with van der Waals surface area (Å²) in [6.45, 7) is 5.06. The van der Waals surface area contributed by atoms with Crippen molar-refractivity contribution in [3.05, 3.63) is 48.2 Å². The zero-order chi connectivity index (χ0) is 22.3. The Balaban J connectivity index is 1.40. The molecule has 7 nitrogen and oxygen atoms in total. The van der Waals surface area contributed by atoms with Crippen LogP contribution in [0.25, 0.3) is 0 Å². The number of piperazine rings is 1. The molecule has 1 N–H and O–H groups in total. The van der Waals surface area contributed by atoms with Gasteiger partial charge in [0.25, 0.3) is 0 Å². The van der Waals surface area contributed by atoms with Crippen molar-refractivity contribution >= 4 is 39.5 Å². The van der Waals surface area contributed by atoms with E-state index in [0.29, 0.717) is 24.7 Å². The number of hydrogen-bond acceptors (Lipinski definition) is 7. The summed E-state index contributed by atoms with van der Waals surface area (Å²) in [5.41, 5.74) is 1.23. The van der Waals surface area contributed by atoms with Gasteiger partial charge in [0.2, 0.25) is 15.9 Å². The third-order valence-corrected chi connectivity index (χ3v) is 8.71. The van der Waals surface area contributed by atoms with Crippen molar-refractivity contribution < 1.29 is 13.2 Å². The van der Waals surface area contributed by atoms with Crippen LogP contribution < -0.4 is 5.32 Å². The lowest BCUT2D eigenvalue weighted by atomic mass is 10.2. The number of nitrogens with zero attached hydrogens (tertiary/aromatic N) is 3. The highest BCUT2D eigenvalue weighted by molar-refractivity contribution is 8.00. The van der Waals surface area contributed by atoms with Crippen LogP contribution in [0, 0.1) is 6.92 Å². The maximum atomic E-state index is 12.7. The second-order valence-corrected chi connectivity index (χ2v) is 11.4. The van der Waals surface area contributed by atoms with Crippen LogP contribution >= 0.6 is 23.5 Å². The van der Waals surface area contributed by atoms with Gasteiger partial charge in [-0.3, -0.25) is 4.79 Å². The molecule has 1 aromatic heterocycles. The van der Waals surface area contributed by atoms with Crippen molar-refractivity contribution in [3.8, 4) is 0 Å². The lowest BCUT2D eigenvalue weighted by Crippen LogP contribution is -2.47. The molecule has 168 valence electrons. The highest BCUT2D eigenvalue weighted by Gasteiger charge is 2.27. The van der Waals surface area contributed by atoms with E-state index in [2.05, 4.69) is 46.4 Å². The Morgan fingerprint density at radius 2 is 1.77 bits per heavy atom. The smallest absolute Gasteiger partial charge is 0.244 e. The van der Waals surface area contributed by atoms with Crippen molar-refractivity contribution in [2.45, 2.75) is 21.7 Å². The molecule has 0 unspecified atom stereocenters. The molecule has 1 amide bonds. The molecule has 1 fully saturated rings. The Morgan fingerprint density at radius 1 is 1.06 bits per heavy atom. The van der Waals surface area contributed by atoms with E-state index in [0.717, 1.165) is 18.8 Å². The van der Waals surface area contributed by atoms with Gasteiger partial charge in [-0.1, -0.05) is 29.5 Å². The van der Waals surface area contributed by atoms with Gasteiger partial charge in [-0.25, -0.2) is 13.4 Å². The molecule has 1 saturated heterocycles. The van der Waals surface area contributed by atoms with E-state index in [1.54, 1.807) is 23.9 Å². The largest absolute Gasteiger partial charge is 0.355 e. The molecule has 2 heterocycles. The van der Waals surface area contributed by atoms with Crippen molar-refractivity contribution in [2.24, 2.45) is 0 Å². The number of hydrogen-bond donors (Lipinski definition) is 1. The van der Waals surface area contributed by atoms with Crippen LogP contribution in [0.2, 0.25) is 0 Å². The Hall–Kier alpha value is -1.59. The topological polar surface area (TPSA) is 82.6 Å². The monoisotopic (exact) mass is 480 g/mol. The number of carbonyl (C=O) groups excluding carboxylic acids is 1. The highest BCUT2D eigenvalue weighted by Crippen LogP contribution is 2.21. The van der Waals surface area contributed by atoms with Crippen molar-refractivity contribution in [3.63, 3.8) is 0 Å². The standard InChI is InChI=1S/C21H28N4O3S3/c1-17-3-5-18(6-4-17)29-14-9-22-20(26)16-30-21-8-7-19(15-23-21)31(27,28)25-12-10-24(2)11-13-25/h3-8,15H,9-14,16H2,1-2H3,(H,22,26). The Labute approximate surface area is 193 Å².